The fraction of sp³-hybridized carbons (Fsp3) is 0.818. The van der Waals surface area contributed by atoms with Crippen molar-refractivity contribution in [3.05, 3.63) is 0 Å². The Morgan fingerprint density at radius 2 is 2.06 bits per heavy atom. The van der Waals surface area contributed by atoms with Crippen LogP contribution >= 0.6 is 22.6 Å². The largest absolute Gasteiger partial charge is 0.469 e. The molecule has 1 aliphatic carbocycles. The lowest BCUT2D eigenvalue weighted by Gasteiger charge is -2.36. The Hall–Kier alpha value is -0.330. The third kappa shape index (κ3) is 2.67. The molecule has 0 bridgehead atoms. The van der Waals surface area contributed by atoms with Crippen LogP contribution in [-0.2, 0) is 19.1 Å². The zero-order valence-electron chi connectivity index (χ0n) is 9.62. The van der Waals surface area contributed by atoms with Gasteiger partial charge in [0, 0.05) is 4.43 Å². The van der Waals surface area contributed by atoms with Crippen molar-refractivity contribution >= 4 is 34.5 Å². The van der Waals surface area contributed by atoms with Gasteiger partial charge in [-0.15, -0.1) is 0 Å². The zero-order chi connectivity index (χ0) is 12.2. The number of ether oxygens (including phenoxy) is 2. The Kier molecular flexibility index (Phi) is 5.01. The summed E-state index contributed by atoms with van der Waals surface area (Å²) >= 11 is 2.19. The van der Waals surface area contributed by atoms with E-state index in [4.69, 9.17) is 9.47 Å². The Morgan fingerprint density at radius 1 is 1.38 bits per heavy atom. The molecule has 1 aliphatic rings. The van der Waals surface area contributed by atoms with E-state index in [2.05, 4.69) is 22.6 Å². The van der Waals surface area contributed by atoms with Gasteiger partial charge in [0.05, 0.1) is 25.6 Å². The van der Waals surface area contributed by atoms with E-state index in [9.17, 15) is 9.59 Å². The lowest BCUT2D eigenvalue weighted by molar-refractivity contribution is -0.157. The number of esters is 2. The van der Waals surface area contributed by atoms with E-state index in [1.807, 2.05) is 0 Å². The minimum atomic E-state index is -0.494. The first kappa shape index (κ1) is 13.7. The summed E-state index contributed by atoms with van der Waals surface area (Å²) in [6, 6.07) is 0. The summed E-state index contributed by atoms with van der Waals surface area (Å²) in [6.45, 7) is 0. The van der Waals surface area contributed by atoms with E-state index >= 15 is 0 Å². The topological polar surface area (TPSA) is 52.6 Å². The average Bonchev–Trinajstić information content (AvgIpc) is 2.36. The molecule has 2 unspecified atom stereocenters. The standard InChI is InChI=1S/C11H17IO4/c1-15-9(13)8-4-3-5-11(6-8,7-12)10(14)16-2/h8H,3-7H2,1-2H3. The first-order chi connectivity index (χ1) is 7.59. The number of rotatable bonds is 3. The highest BCUT2D eigenvalue weighted by Gasteiger charge is 2.45. The molecule has 0 amide bonds. The lowest BCUT2D eigenvalue weighted by Crippen LogP contribution is -2.41. The first-order valence-electron chi connectivity index (χ1n) is 5.32. The number of alkyl halides is 1. The maximum Gasteiger partial charge on any atom is 0.312 e. The highest BCUT2D eigenvalue weighted by Crippen LogP contribution is 2.42. The summed E-state index contributed by atoms with van der Waals surface area (Å²) in [6.07, 6.45) is 3.03. The molecule has 1 saturated carbocycles. The number of carbonyl (C=O) groups excluding carboxylic acids is 2. The predicted octanol–water partition coefficient (Wildman–Crippen LogP) is 1.94. The molecule has 4 nitrogen and oxygen atoms in total. The van der Waals surface area contributed by atoms with Gasteiger partial charge in [0.15, 0.2) is 0 Å². The quantitative estimate of drug-likeness (QED) is 0.448. The van der Waals surface area contributed by atoms with Gasteiger partial charge in [-0.2, -0.15) is 0 Å². The van der Waals surface area contributed by atoms with Gasteiger partial charge >= 0.3 is 11.9 Å². The monoisotopic (exact) mass is 340 g/mol. The van der Waals surface area contributed by atoms with Crippen molar-refractivity contribution in [3.63, 3.8) is 0 Å². The third-order valence-electron chi connectivity index (χ3n) is 3.25. The maximum absolute atomic E-state index is 11.8. The minimum Gasteiger partial charge on any atom is -0.469 e. The van der Waals surface area contributed by atoms with Crippen LogP contribution in [0, 0.1) is 11.3 Å². The number of carbonyl (C=O) groups is 2. The molecule has 0 heterocycles. The fourth-order valence-corrected chi connectivity index (χ4v) is 3.31. The second-order valence-corrected chi connectivity index (χ2v) is 4.98. The normalized spacial score (nSPS) is 29.6. The van der Waals surface area contributed by atoms with Crippen LogP contribution in [0.5, 0.6) is 0 Å². The van der Waals surface area contributed by atoms with E-state index in [0.717, 1.165) is 19.3 Å². The summed E-state index contributed by atoms with van der Waals surface area (Å²) in [7, 11) is 2.79. The SMILES string of the molecule is COC(=O)C1CCCC(CI)(C(=O)OC)C1. The molecule has 1 rings (SSSR count). The number of hydrogen-bond acceptors (Lipinski definition) is 4. The van der Waals surface area contributed by atoms with Gasteiger partial charge < -0.3 is 9.47 Å². The van der Waals surface area contributed by atoms with Gasteiger partial charge in [-0.05, 0) is 19.3 Å². The molecule has 5 heteroatoms. The molecule has 0 aliphatic heterocycles. The van der Waals surface area contributed by atoms with Crippen LogP contribution in [-0.4, -0.2) is 30.6 Å². The highest BCUT2D eigenvalue weighted by molar-refractivity contribution is 14.1. The van der Waals surface area contributed by atoms with Gasteiger partial charge in [-0.25, -0.2) is 0 Å². The van der Waals surface area contributed by atoms with Crippen molar-refractivity contribution in [1.29, 1.82) is 0 Å². The smallest absolute Gasteiger partial charge is 0.312 e. The van der Waals surface area contributed by atoms with Crippen LogP contribution in [0.2, 0.25) is 0 Å². The molecule has 92 valence electrons. The van der Waals surface area contributed by atoms with Gasteiger partial charge in [-0.3, -0.25) is 9.59 Å². The van der Waals surface area contributed by atoms with Crippen LogP contribution in [0.3, 0.4) is 0 Å². The van der Waals surface area contributed by atoms with Crippen molar-refractivity contribution in [2.24, 2.45) is 11.3 Å². The minimum absolute atomic E-state index is 0.160. The van der Waals surface area contributed by atoms with Gasteiger partial charge in [0.2, 0.25) is 0 Å². The van der Waals surface area contributed by atoms with E-state index in [0.29, 0.717) is 10.8 Å². The van der Waals surface area contributed by atoms with Crippen molar-refractivity contribution in [3.8, 4) is 0 Å². The van der Waals surface area contributed by atoms with Crippen molar-refractivity contribution in [1.82, 2.24) is 0 Å². The molecule has 0 radical (unpaired) electrons. The van der Waals surface area contributed by atoms with Crippen molar-refractivity contribution in [2.75, 3.05) is 18.6 Å². The second kappa shape index (κ2) is 5.84. The summed E-state index contributed by atoms with van der Waals surface area (Å²) in [5.41, 5.74) is -0.494. The Balaban J connectivity index is 2.80. The van der Waals surface area contributed by atoms with Gasteiger partial charge in [0.1, 0.15) is 0 Å². The highest BCUT2D eigenvalue weighted by atomic mass is 127. The molecular formula is C11H17IO4. The molecular weight excluding hydrogens is 323 g/mol. The second-order valence-electron chi connectivity index (χ2n) is 4.22. The maximum atomic E-state index is 11.8. The van der Waals surface area contributed by atoms with Crippen molar-refractivity contribution in [2.45, 2.75) is 25.7 Å². The van der Waals surface area contributed by atoms with E-state index < -0.39 is 5.41 Å². The Labute approximate surface area is 109 Å². The van der Waals surface area contributed by atoms with E-state index in [1.165, 1.54) is 14.2 Å². The van der Waals surface area contributed by atoms with E-state index in [1.54, 1.807) is 0 Å². The van der Waals surface area contributed by atoms with Gasteiger partial charge in [0.25, 0.3) is 0 Å². The summed E-state index contributed by atoms with van der Waals surface area (Å²) < 4.78 is 10.3. The summed E-state index contributed by atoms with van der Waals surface area (Å²) in [4.78, 5) is 23.3. The van der Waals surface area contributed by atoms with Crippen molar-refractivity contribution < 1.29 is 19.1 Å². The van der Waals surface area contributed by atoms with Crippen LogP contribution in [0.1, 0.15) is 25.7 Å². The molecule has 0 saturated heterocycles. The predicted molar refractivity (Wildman–Crippen MR) is 67.3 cm³/mol. The molecule has 1 fully saturated rings. The van der Waals surface area contributed by atoms with E-state index in [-0.39, 0.29) is 17.9 Å². The third-order valence-corrected chi connectivity index (χ3v) is 4.71. The fourth-order valence-electron chi connectivity index (χ4n) is 2.31. The summed E-state index contributed by atoms with van der Waals surface area (Å²) in [5.74, 6) is -0.569. The van der Waals surface area contributed by atoms with Crippen LogP contribution in [0.4, 0.5) is 0 Å². The molecule has 0 N–H and O–H groups in total. The van der Waals surface area contributed by atoms with Crippen LogP contribution < -0.4 is 0 Å². The van der Waals surface area contributed by atoms with Crippen LogP contribution in [0.25, 0.3) is 0 Å². The molecule has 2 atom stereocenters. The molecule has 0 spiro atoms. The van der Waals surface area contributed by atoms with Crippen LogP contribution in [0.15, 0.2) is 0 Å². The Bertz CT molecular complexity index is 279. The zero-order valence-corrected chi connectivity index (χ0v) is 11.8. The molecule has 0 aromatic rings. The summed E-state index contributed by atoms with van der Waals surface area (Å²) in [5, 5.41) is 0. The average molecular weight is 340 g/mol. The number of halogens is 1. The molecule has 0 aromatic heterocycles. The molecule has 16 heavy (non-hydrogen) atoms. The lowest BCUT2D eigenvalue weighted by atomic mass is 9.71. The first-order valence-corrected chi connectivity index (χ1v) is 6.84. The molecule has 0 aromatic carbocycles. The number of methoxy groups -OCH3 is 2. The Morgan fingerprint density at radius 3 is 2.56 bits per heavy atom. The van der Waals surface area contributed by atoms with Gasteiger partial charge in [-0.1, -0.05) is 29.0 Å². The number of hydrogen-bond donors (Lipinski definition) is 0.